The van der Waals surface area contributed by atoms with Gasteiger partial charge < -0.3 is 5.11 Å². The summed E-state index contributed by atoms with van der Waals surface area (Å²) >= 11 is 0. The number of hydrogen-bond acceptors (Lipinski definition) is 3. The van der Waals surface area contributed by atoms with Crippen LogP contribution in [0.1, 0.15) is 35.2 Å². The Labute approximate surface area is 112 Å². The first-order valence-electron chi connectivity index (χ1n) is 6.18. The van der Waals surface area contributed by atoms with E-state index in [2.05, 4.69) is 0 Å². The van der Waals surface area contributed by atoms with Crippen molar-refractivity contribution in [3.8, 4) is 0 Å². The third kappa shape index (κ3) is 3.13. The van der Waals surface area contributed by atoms with E-state index in [1.165, 1.54) is 16.4 Å². The molecule has 0 saturated heterocycles. The van der Waals surface area contributed by atoms with Gasteiger partial charge in [-0.2, -0.15) is 0 Å². The molecule has 0 aromatic heterocycles. The molecule has 0 amide bonds. The fourth-order valence-electron chi connectivity index (χ4n) is 2.08. The number of aromatic carboxylic acids is 1. The molecule has 104 valence electrons. The van der Waals surface area contributed by atoms with Gasteiger partial charge in [-0.25, -0.2) is 17.5 Å². The fourth-order valence-corrected chi connectivity index (χ4v) is 3.55. The summed E-state index contributed by atoms with van der Waals surface area (Å²) in [5.74, 6) is -1.20. The van der Waals surface area contributed by atoms with Crippen molar-refractivity contribution >= 4 is 16.0 Å². The Balaban J connectivity index is 2.15. The van der Waals surface area contributed by atoms with Crippen molar-refractivity contribution in [1.29, 1.82) is 0 Å². The van der Waals surface area contributed by atoms with Gasteiger partial charge in [0.15, 0.2) is 0 Å². The lowest BCUT2D eigenvalue weighted by atomic mass is 9.94. The van der Waals surface area contributed by atoms with Gasteiger partial charge in [0.2, 0.25) is 10.0 Å². The molecule has 1 aliphatic carbocycles. The topological polar surface area (TPSA) is 74.7 Å². The number of benzene rings is 1. The molecule has 2 rings (SSSR count). The molecule has 5 nitrogen and oxygen atoms in total. The molecule has 0 atom stereocenters. The Kier molecular flexibility index (Phi) is 3.91. The van der Waals surface area contributed by atoms with Crippen LogP contribution in [0.2, 0.25) is 0 Å². The van der Waals surface area contributed by atoms with Crippen molar-refractivity contribution in [3.05, 3.63) is 35.4 Å². The van der Waals surface area contributed by atoms with Crippen LogP contribution in [0.4, 0.5) is 0 Å². The molecule has 0 aliphatic heterocycles. The quantitative estimate of drug-likeness (QED) is 0.892. The monoisotopic (exact) mass is 283 g/mol. The summed E-state index contributed by atoms with van der Waals surface area (Å²) in [6.45, 7) is 0. The highest BCUT2D eigenvalue weighted by atomic mass is 32.2. The van der Waals surface area contributed by atoms with Crippen LogP contribution in [0.3, 0.4) is 0 Å². The van der Waals surface area contributed by atoms with Gasteiger partial charge in [-0.3, -0.25) is 0 Å². The fraction of sp³-hybridized carbons (Fsp3) is 0.462. The average Bonchev–Trinajstić information content (AvgIpc) is 2.26. The molecule has 1 aliphatic rings. The molecule has 0 unspecified atom stereocenters. The van der Waals surface area contributed by atoms with E-state index in [-0.39, 0.29) is 17.4 Å². The number of carboxylic acids is 1. The maximum Gasteiger partial charge on any atom is 0.335 e. The van der Waals surface area contributed by atoms with Gasteiger partial charge in [-0.15, -0.1) is 0 Å². The largest absolute Gasteiger partial charge is 0.478 e. The van der Waals surface area contributed by atoms with E-state index < -0.39 is 16.0 Å². The first-order valence-corrected chi connectivity index (χ1v) is 7.79. The summed E-state index contributed by atoms with van der Waals surface area (Å²) in [6.07, 6.45) is 2.88. The molecule has 1 saturated carbocycles. The maximum atomic E-state index is 12.2. The summed E-state index contributed by atoms with van der Waals surface area (Å²) < 4.78 is 25.8. The minimum absolute atomic E-state index is 0.104. The number of rotatable bonds is 5. The van der Waals surface area contributed by atoms with Gasteiger partial charge in [0.25, 0.3) is 0 Å². The molecular weight excluding hydrogens is 266 g/mol. The molecule has 1 fully saturated rings. The second-order valence-corrected chi connectivity index (χ2v) is 6.89. The average molecular weight is 283 g/mol. The zero-order chi connectivity index (χ0) is 14.0. The SMILES string of the molecule is CN(C1CCC1)S(=O)(=O)Cc1cccc(C(=O)O)c1. The Bertz CT molecular complexity index is 578. The van der Waals surface area contributed by atoms with Crippen LogP contribution in [0.5, 0.6) is 0 Å². The van der Waals surface area contributed by atoms with E-state index in [1.54, 1.807) is 19.2 Å². The second kappa shape index (κ2) is 5.30. The summed E-state index contributed by atoms with van der Waals surface area (Å²) in [7, 11) is -1.78. The highest BCUT2D eigenvalue weighted by Gasteiger charge is 2.30. The van der Waals surface area contributed by atoms with Crippen molar-refractivity contribution < 1.29 is 18.3 Å². The number of sulfonamides is 1. The predicted octanol–water partition coefficient (Wildman–Crippen LogP) is 1.70. The first kappa shape index (κ1) is 14.0. The van der Waals surface area contributed by atoms with Crippen LogP contribution in [0, 0.1) is 0 Å². The van der Waals surface area contributed by atoms with Gasteiger partial charge in [-0.05, 0) is 30.5 Å². The molecule has 0 heterocycles. The van der Waals surface area contributed by atoms with Gasteiger partial charge in [-0.1, -0.05) is 18.6 Å². The zero-order valence-electron chi connectivity index (χ0n) is 10.7. The van der Waals surface area contributed by atoms with Crippen molar-refractivity contribution in [3.63, 3.8) is 0 Å². The molecule has 19 heavy (non-hydrogen) atoms. The van der Waals surface area contributed by atoms with E-state index in [0.29, 0.717) is 5.56 Å². The molecular formula is C13H17NO4S. The van der Waals surface area contributed by atoms with Crippen LogP contribution in [-0.4, -0.2) is 36.9 Å². The lowest BCUT2D eigenvalue weighted by molar-refractivity contribution is 0.0696. The molecule has 1 aromatic rings. The van der Waals surface area contributed by atoms with E-state index in [0.717, 1.165) is 19.3 Å². The third-order valence-corrected chi connectivity index (χ3v) is 5.42. The molecule has 0 radical (unpaired) electrons. The van der Waals surface area contributed by atoms with Gasteiger partial charge in [0.05, 0.1) is 11.3 Å². The van der Waals surface area contributed by atoms with Crippen LogP contribution in [0.15, 0.2) is 24.3 Å². The Morgan fingerprint density at radius 3 is 2.63 bits per heavy atom. The van der Waals surface area contributed by atoms with Crippen molar-refractivity contribution in [1.82, 2.24) is 4.31 Å². The lowest BCUT2D eigenvalue weighted by Crippen LogP contribution is -2.41. The Morgan fingerprint density at radius 1 is 1.42 bits per heavy atom. The third-order valence-electron chi connectivity index (χ3n) is 3.55. The van der Waals surface area contributed by atoms with Crippen molar-refractivity contribution in [2.75, 3.05) is 7.05 Å². The lowest BCUT2D eigenvalue weighted by Gasteiger charge is -2.33. The summed E-state index contributed by atoms with van der Waals surface area (Å²) in [5.41, 5.74) is 0.616. The van der Waals surface area contributed by atoms with Gasteiger partial charge >= 0.3 is 5.97 Å². The number of carboxylic acid groups (broad SMARTS) is 1. The van der Waals surface area contributed by atoms with Gasteiger partial charge in [0.1, 0.15) is 0 Å². The second-order valence-electron chi connectivity index (χ2n) is 4.86. The van der Waals surface area contributed by atoms with Crippen molar-refractivity contribution in [2.24, 2.45) is 0 Å². The van der Waals surface area contributed by atoms with E-state index in [1.807, 2.05) is 0 Å². The molecule has 0 bridgehead atoms. The first-order chi connectivity index (χ1) is 8.90. The van der Waals surface area contributed by atoms with E-state index >= 15 is 0 Å². The number of nitrogens with zero attached hydrogens (tertiary/aromatic N) is 1. The molecule has 0 spiro atoms. The smallest absolute Gasteiger partial charge is 0.335 e. The Morgan fingerprint density at radius 2 is 2.11 bits per heavy atom. The van der Waals surface area contributed by atoms with Crippen LogP contribution >= 0.6 is 0 Å². The molecule has 6 heteroatoms. The van der Waals surface area contributed by atoms with Crippen LogP contribution < -0.4 is 0 Å². The number of hydrogen-bond donors (Lipinski definition) is 1. The standard InChI is InChI=1S/C13H17NO4S/c1-14(12-6-3-7-12)19(17,18)9-10-4-2-5-11(8-10)13(15)16/h2,4-5,8,12H,3,6-7,9H2,1H3,(H,15,16). The number of carbonyl (C=O) groups is 1. The van der Waals surface area contributed by atoms with Gasteiger partial charge in [0, 0.05) is 13.1 Å². The maximum absolute atomic E-state index is 12.2. The minimum Gasteiger partial charge on any atom is -0.478 e. The van der Waals surface area contributed by atoms with Crippen LogP contribution in [0.25, 0.3) is 0 Å². The highest BCUT2D eigenvalue weighted by Crippen LogP contribution is 2.26. The van der Waals surface area contributed by atoms with E-state index in [4.69, 9.17) is 5.11 Å². The Hall–Kier alpha value is -1.40. The molecule has 1 aromatic carbocycles. The van der Waals surface area contributed by atoms with Crippen LogP contribution in [-0.2, 0) is 15.8 Å². The summed E-state index contributed by atoms with van der Waals surface area (Å²) in [6, 6.07) is 6.17. The van der Waals surface area contributed by atoms with E-state index in [9.17, 15) is 13.2 Å². The minimum atomic E-state index is -3.38. The summed E-state index contributed by atoms with van der Waals surface area (Å²) in [5, 5.41) is 8.89. The van der Waals surface area contributed by atoms with Crippen molar-refractivity contribution in [2.45, 2.75) is 31.1 Å². The highest BCUT2D eigenvalue weighted by molar-refractivity contribution is 7.88. The summed E-state index contributed by atoms with van der Waals surface area (Å²) in [4.78, 5) is 10.9. The molecule has 1 N–H and O–H groups in total. The zero-order valence-corrected chi connectivity index (χ0v) is 11.6. The predicted molar refractivity (Wildman–Crippen MR) is 71.4 cm³/mol. The normalized spacial score (nSPS) is 16.3.